The smallest absolute Gasteiger partial charge is 0.418 e. The number of thioether (sulfide) groups is 1. The zero-order valence-corrected chi connectivity index (χ0v) is 13.8. The van der Waals surface area contributed by atoms with Crippen molar-refractivity contribution in [3.63, 3.8) is 0 Å². The normalized spacial score (nSPS) is 13.0. The fourth-order valence-electron chi connectivity index (χ4n) is 2.18. The Morgan fingerprint density at radius 1 is 1.16 bits per heavy atom. The van der Waals surface area contributed by atoms with Gasteiger partial charge in [-0.15, -0.1) is 0 Å². The van der Waals surface area contributed by atoms with Crippen LogP contribution in [0.25, 0.3) is 11.1 Å². The second-order valence-corrected chi connectivity index (χ2v) is 6.53. The van der Waals surface area contributed by atoms with Gasteiger partial charge < -0.3 is 9.73 Å². The van der Waals surface area contributed by atoms with E-state index in [2.05, 4.69) is 10.3 Å². The number of carbonyl (C=O) groups is 1. The molecule has 3 rings (SSSR count). The summed E-state index contributed by atoms with van der Waals surface area (Å²) in [4.78, 5) is 16.5. The lowest BCUT2D eigenvalue weighted by Gasteiger charge is -2.15. The minimum atomic E-state index is -4.54. The summed E-state index contributed by atoms with van der Waals surface area (Å²) in [6.45, 7) is 1.57. The summed E-state index contributed by atoms with van der Waals surface area (Å²) in [7, 11) is 0. The van der Waals surface area contributed by atoms with E-state index in [-0.39, 0.29) is 10.9 Å². The molecule has 0 bridgehead atoms. The average molecular weight is 366 g/mol. The molecule has 1 atom stereocenters. The fraction of sp³-hybridized carbons (Fsp3) is 0.176. The summed E-state index contributed by atoms with van der Waals surface area (Å²) >= 11 is 1.04. The maximum atomic E-state index is 13.0. The molecule has 0 aliphatic heterocycles. The Balaban J connectivity index is 1.73. The highest BCUT2D eigenvalue weighted by Gasteiger charge is 2.34. The zero-order chi connectivity index (χ0) is 18.0. The van der Waals surface area contributed by atoms with Crippen molar-refractivity contribution in [2.24, 2.45) is 0 Å². The van der Waals surface area contributed by atoms with Crippen LogP contribution in [-0.2, 0) is 11.0 Å². The van der Waals surface area contributed by atoms with Crippen LogP contribution >= 0.6 is 11.8 Å². The largest absolute Gasteiger partial charge is 0.431 e. The van der Waals surface area contributed by atoms with E-state index in [1.807, 2.05) is 6.07 Å². The third-order valence-electron chi connectivity index (χ3n) is 3.41. The second-order valence-electron chi connectivity index (χ2n) is 5.24. The van der Waals surface area contributed by atoms with Crippen molar-refractivity contribution in [3.8, 4) is 0 Å². The number of nitrogens with zero attached hydrogens (tertiary/aromatic N) is 1. The molecular formula is C17H13F3N2O2S. The first-order valence-corrected chi connectivity index (χ1v) is 8.22. The SMILES string of the molecule is CC(Sc1nc2ccccc2o1)C(=O)Nc1ccccc1C(F)(F)F. The molecule has 3 aromatic rings. The van der Waals surface area contributed by atoms with Crippen LogP contribution in [0.3, 0.4) is 0 Å². The van der Waals surface area contributed by atoms with Crippen LogP contribution in [0.2, 0.25) is 0 Å². The number of fused-ring (bicyclic) bond motifs is 1. The number of benzene rings is 2. The van der Waals surface area contributed by atoms with Gasteiger partial charge in [-0.25, -0.2) is 4.98 Å². The number of hydrogen-bond acceptors (Lipinski definition) is 4. The molecule has 0 aliphatic carbocycles. The Bertz CT molecular complexity index is 875. The number of oxazole rings is 1. The van der Waals surface area contributed by atoms with Crippen molar-refractivity contribution >= 4 is 34.5 Å². The highest BCUT2D eigenvalue weighted by molar-refractivity contribution is 8.00. The number of hydrogen-bond donors (Lipinski definition) is 1. The first kappa shape index (κ1) is 17.3. The number of para-hydroxylation sites is 3. The molecule has 0 saturated carbocycles. The van der Waals surface area contributed by atoms with Crippen LogP contribution in [-0.4, -0.2) is 16.1 Å². The van der Waals surface area contributed by atoms with E-state index in [1.165, 1.54) is 18.2 Å². The summed E-state index contributed by atoms with van der Waals surface area (Å²) in [5, 5.41) is 1.92. The van der Waals surface area contributed by atoms with Crippen molar-refractivity contribution < 1.29 is 22.4 Å². The predicted octanol–water partition coefficient (Wildman–Crippen LogP) is 4.97. The molecule has 2 aromatic carbocycles. The first-order valence-electron chi connectivity index (χ1n) is 7.34. The summed E-state index contributed by atoms with van der Waals surface area (Å²) in [6, 6.07) is 12.0. The average Bonchev–Trinajstić information content (AvgIpc) is 2.96. The minimum Gasteiger partial charge on any atom is -0.431 e. The maximum absolute atomic E-state index is 13.0. The monoisotopic (exact) mass is 366 g/mol. The Hall–Kier alpha value is -2.48. The molecule has 1 amide bonds. The number of aromatic nitrogens is 1. The highest BCUT2D eigenvalue weighted by atomic mass is 32.2. The van der Waals surface area contributed by atoms with E-state index in [9.17, 15) is 18.0 Å². The fourth-order valence-corrected chi connectivity index (χ4v) is 2.94. The summed E-state index contributed by atoms with van der Waals surface area (Å²) < 4.78 is 44.5. The minimum absolute atomic E-state index is 0.273. The van der Waals surface area contributed by atoms with E-state index in [1.54, 1.807) is 25.1 Å². The van der Waals surface area contributed by atoms with Crippen LogP contribution < -0.4 is 5.32 Å². The molecule has 1 unspecified atom stereocenters. The molecule has 0 fully saturated rings. The molecule has 4 nitrogen and oxygen atoms in total. The van der Waals surface area contributed by atoms with Crippen LogP contribution in [0.4, 0.5) is 18.9 Å². The molecule has 0 saturated heterocycles. The Morgan fingerprint density at radius 2 is 1.84 bits per heavy atom. The van der Waals surface area contributed by atoms with Gasteiger partial charge in [-0.2, -0.15) is 13.2 Å². The van der Waals surface area contributed by atoms with Gasteiger partial charge >= 0.3 is 6.18 Å². The van der Waals surface area contributed by atoms with Gasteiger partial charge in [0.15, 0.2) is 5.58 Å². The topological polar surface area (TPSA) is 55.1 Å². The first-order chi connectivity index (χ1) is 11.8. The van der Waals surface area contributed by atoms with Gasteiger partial charge in [0, 0.05) is 0 Å². The molecule has 0 spiro atoms. The molecule has 1 aromatic heterocycles. The Kier molecular flexibility index (Phi) is 4.71. The Labute approximate surface area is 145 Å². The molecular weight excluding hydrogens is 353 g/mol. The number of carbonyl (C=O) groups excluding carboxylic acids is 1. The third kappa shape index (κ3) is 3.96. The third-order valence-corrected chi connectivity index (χ3v) is 4.36. The van der Waals surface area contributed by atoms with Gasteiger partial charge in [0.05, 0.1) is 16.5 Å². The number of anilines is 1. The van der Waals surface area contributed by atoms with Crippen LogP contribution in [0, 0.1) is 0 Å². The van der Waals surface area contributed by atoms with Gasteiger partial charge in [-0.05, 0) is 31.2 Å². The molecule has 25 heavy (non-hydrogen) atoms. The number of nitrogens with one attached hydrogen (secondary N) is 1. The van der Waals surface area contributed by atoms with Gasteiger partial charge in [0.25, 0.3) is 5.22 Å². The van der Waals surface area contributed by atoms with E-state index in [4.69, 9.17) is 4.42 Å². The number of alkyl halides is 3. The lowest BCUT2D eigenvalue weighted by Crippen LogP contribution is -2.24. The van der Waals surface area contributed by atoms with E-state index >= 15 is 0 Å². The quantitative estimate of drug-likeness (QED) is 0.663. The van der Waals surface area contributed by atoms with Crippen molar-refractivity contribution in [1.29, 1.82) is 0 Å². The number of amides is 1. The van der Waals surface area contributed by atoms with E-state index < -0.39 is 22.9 Å². The van der Waals surface area contributed by atoms with Gasteiger partial charge in [-0.3, -0.25) is 4.79 Å². The van der Waals surface area contributed by atoms with Gasteiger partial charge in [0.2, 0.25) is 5.91 Å². The van der Waals surface area contributed by atoms with Crippen LogP contribution in [0.15, 0.2) is 58.2 Å². The summed E-state index contributed by atoms with van der Waals surface area (Å²) in [6.07, 6.45) is -4.54. The molecule has 1 N–H and O–H groups in total. The number of halogens is 3. The maximum Gasteiger partial charge on any atom is 0.418 e. The van der Waals surface area contributed by atoms with E-state index in [0.29, 0.717) is 11.1 Å². The van der Waals surface area contributed by atoms with Crippen molar-refractivity contribution in [3.05, 3.63) is 54.1 Å². The Morgan fingerprint density at radius 3 is 2.56 bits per heavy atom. The molecule has 130 valence electrons. The zero-order valence-electron chi connectivity index (χ0n) is 13.0. The lowest BCUT2D eigenvalue weighted by molar-refractivity contribution is -0.137. The van der Waals surface area contributed by atoms with Gasteiger partial charge in [-0.1, -0.05) is 36.0 Å². The van der Waals surface area contributed by atoms with E-state index in [0.717, 1.165) is 17.8 Å². The molecule has 1 heterocycles. The van der Waals surface area contributed by atoms with Crippen molar-refractivity contribution in [2.45, 2.75) is 23.6 Å². The summed E-state index contributed by atoms with van der Waals surface area (Å²) in [5.41, 5.74) is 0.0764. The van der Waals surface area contributed by atoms with Gasteiger partial charge in [0.1, 0.15) is 5.52 Å². The summed E-state index contributed by atoms with van der Waals surface area (Å²) in [5.74, 6) is -0.566. The predicted molar refractivity (Wildman–Crippen MR) is 89.4 cm³/mol. The number of rotatable bonds is 4. The molecule has 0 radical (unpaired) electrons. The van der Waals surface area contributed by atoms with Crippen molar-refractivity contribution in [1.82, 2.24) is 4.98 Å². The second kappa shape index (κ2) is 6.79. The molecule has 0 aliphatic rings. The highest BCUT2D eigenvalue weighted by Crippen LogP contribution is 2.35. The molecule has 8 heteroatoms. The van der Waals surface area contributed by atoms with Crippen LogP contribution in [0.1, 0.15) is 12.5 Å². The standard InChI is InChI=1S/C17H13F3N2O2S/c1-10(25-16-22-13-8-4-5-9-14(13)24-16)15(23)21-12-7-3-2-6-11(12)17(18,19)20/h2-10H,1H3,(H,21,23). The van der Waals surface area contributed by atoms with Crippen molar-refractivity contribution in [2.75, 3.05) is 5.32 Å². The lowest BCUT2D eigenvalue weighted by atomic mass is 10.1. The van der Waals surface area contributed by atoms with Crippen LogP contribution in [0.5, 0.6) is 0 Å².